The largest absolute Gasteiger partial charge is 0.465 e. The van der Waals surface area contributed by atoms with E-state index in [9.17, 15) is 9.59 Å². The van der Waals surface area contributed by atoms with E-state index in [1.54, 1.807) is 32.2 Å². The average Bonchev–Trinajstić information content (AvgIpc) is 2.39. The molecule has 1 aromatic heterocycles. The van der Waals surface area contributed by atoms with Gasteiger partial charge in [-0.25, -0.2) is 0 Å². The number of carbonyl (C=O) groups is 2. The molecular weight excluding hydrogens is 234 g/mol. The minimum atomic E-state index is -1.47. The molecular formula is C13H17NO4. The zero-order chi connectivity index (χ0) is 13.6. The van der Waals surface area contributed by atoms with Crippen molar-refractivity contribution in [1.82, 2.24) is 4.98 Å². The fraction of sp³-hybridized carbons (Fsp3) is 0.462. The summed E-state index contributed by atoms with van der Waals surface area (Å²) in [5, 5.41) is 0. The lowest BCUT2D eigenvalue weighted by molar-refractivity contribution is -0.163. The van der Waals surface area contributed by atoms with Crippen molar-refractivity contribution >= 4 is 11.9 Å². The molecule has 0 aliphatic rings. The maximum Gasteiger partial charge on any atom is 0.327 e. The van der Waals surface area contributed by atoms with Gasteiger partial charge < -0.3 is 9.47 Å². The molecule has 0 N–H and O–H groups in total. The summed E-state index contributed by atoms with van der Waals surface area (Å²) in [6.07, 6.45) is 3.04. The number of carbonyl (C=O) groups excluding carboxylic acids is 2. The quantitative estimate of drug-likeness (QED) is 0.585. The number of ether oxygens (including phenoxy) is 2. The van der Waals surface area contributed by atoms with Crippen molar-refractivity contribution in [2.75, 3.05) is 13.2 Å². The molecule has 1 rings (SSSR count). The van der Waals surface area contributed by atoms with E-state index in [0.29, 0.717) is 5.56 Å². The summed E-state index contributed by atoms with van der Waals surface area (Å²) in [5.74, 6) is -1.26. The Labute approximate surface area is 106 Å². The van der Waals surface area contributed by atoms with Crippen LogP contribution in [-0.2, 0) is 24.5 Å². The summed E-state index contributed by atoms with van der Waals surface area (Å²) in [6.45, 7) is 5.27. The molecule has 0 saturated heterocycles. The lowest BCUT2D eigenvalue weighted by Gasteiger charge is -2.24. The third kappa shape index (κ3) is 2.67. The molecule has 0 aliphatic carbocycles. The van der Waals surface area contributed by atoms with E-state index in [4.69, 9.17) is 9.47 Å². The fourth-order valence-electron chi connectivity index (χ4n) is 1.53. The fourth-order valence-corrected chi connectivity index (χ4v) is 1.53. The highest BCUT2D eigenvalue weighted by Gasteiger charge is 2.46. The number of aromatic nitrogens is 1. The Morgan fingerprint density at radius 3 is 2.17 bits per heavy atom. The predicted molar refractivity (Wildman–Crippen MR) is 64.9 cm³/mol. The Kier molecular flexibility index (Phi) is 4.83. The molecule has 0 aromatic carbocycles. The third-order valence-corrected chi connectivity index (χ3v) is 2.61. The molecule has 0 atom stereocenters. The van der Waals surface area contributed by atoms with Crippen LogP contribution in [0, 0.1) is 0 Å². The smallest absolute Gasteiger partial charge is 0.327 e. The topological polar surface area (TPSA) is 65.5 Å². The Morgan fingerprint density at radius 2 is 1.78 bits per heavy atom. The first-order valence-corrected chi connectivity index (χ1v) is 5.82. The first-order valence-electron chi connectivity index (χ1n) is 5.82. The maximum absolute atomic E-state index is 12.0. The van der Waals surface area contributed by atoms with Gasteiger partial charge in [0.05, 0.1) is 13.2 Å². The highest BCUT2D eigenvalue weighted by atomic mass is 16.6. The minimum absolute atomic E-state index is 0.202. The van der Waals surface area contributed by atoms with Gasteiger partial charge in [0.25, 0.3) is 0 Å². The first-order chi connectivity index (χ1) is 8.57. The molecule has 0 bridgehead atoms. The van der Waals surface area contributed by atoms with E-state index in [2.05, 4.69) is 4.98 Å². The van der Waals surface area contributed by atoms with Crippen LogP contribution in [0.2, 0.25) is 0 Å². The van der Waals surface area contributed by atoms with Crippen molar-refractivity contribution < 1.29 is 19.1 Å². The van der Waals surface area contributed by atoms with Crippen LogP contribution in [-0.4, -0.2) is 30.1 Å². The van der Waals surface area contributed by atoms with E-state index in [1.165, 1.54) is 13.1 Å². The van der Waals surface area contributed by atoms with Gasteiger partial charge in [-0.2, -0.15) is 0 Å². The van der Waals surface area contributed by atoms with Gasteiger partial charge in [-0.3, -0.25) is 14.6 Å². The summed E-state index contributed by atoms with van der Waals surface area (Å²) < 4.78 is 9.92. The van der Waals surface area contributed by atoms with Gasteiger partial charge in [0, 0.05) is 12.4 Å². The van der Waals surface area contributed by atoms with Gasteiger partial charge >= 0.3 is 11.9 Å². The molecule has 0 fully saturated rings. The van der Waals surface area contributed by atoms with Crippen LogP contribution < -0.4 is 0 Å². The Balaban J connectivity index is 3.17. The third-order valence-electron chi connectivity index (χ3n) is 2.61. The Bertz CT molecular complexity index is 398. The van der Waals surface area contributed by atoms with Gasteiger partial charge in [0.15, 0.2) is 5.41 Å². The summed E-state index contributed by atoms with van der Waals surface area (Å²) in [7, 11) is 0. The van der Waals surface area contributed by atoms with Crippen LogP contribution in [0.3, 0.4) is 0 Å². The van der Waals surface area contributed by atoms with Crippen molar-refractivity contribution in [2.45, 2.75) is 26.2 Å². The SMILES string of the molecule is CCOC(=O)C(C)(C(=O)OCC)c1cccnc1. The molecule has 1 heterocycles. The molecule has 5 heteroatoms. The van der Waals surface area contributed by atoms with E-state index in [0.717, 1.165) is 0 Å². The van der Waals surface area contributed by atoms with Crippen LogP contribution in [0.25, 0.3) is 0 Å². The van der Waals surface area contributed by atoms with E-state index in [1.807, 2.05) is 0 Å². The first kappa shape index (κ1) is 14.2. The molecule has 0 aliphatic heterocycles. The lowest BCUT2D eigenvalue weighted by atomic mass is 9.83. The van der Waals surface area contributed by atoms with Crippen molar-refractivity contribution in [2.24, 2.45) is 0 Å². The maximum atomic E-state index is 12.0. The van der Waals surface area contributed by atoms with Crippen LogP contribution in [0.1, 0.15) is 26.3 Å². The molecule has 0 spiro atoms. The molecule has 98 valence electrons. The second-order valence-electron chi connectivity index (χ2n) is 3.81. The summed E-state index contributed by atoms with van der Waals surface area (Å²) in [6, 6.07) is 3.31. The predicted octanol–water partition coefficient (Wildman–Crippen LogP) is 1.47. The highest BCUT2D eigenvalue weighted by Crippen LogP contribution is 2.26. The van der Waals surface area contributed by atoms with Crippen molar-refractivity contribution in [3.05, 3.63) is 30.1 Å². The molecule has 1 aromatic rings. The normalized spacial score (nSPS) is 10.8. The number of rotatable bonds is 5. The van der Waals surface area contributed by atoms with Crippen LogP contribution in [0.15, 0.2) is 24.5 Å². The highest BCUT2D eigenvalue weighted by molar-refractivity contribution is 6.05. The van der Waals surface area contributed by atoms with E-state index in [-0.39, 0.29) is 13.2 Å². The molecule has 5 nitrogen and oxygen atoms in total. The Morgan fingerprint density at radius 1 is 1.22 bits per heavy atom. The average molecular weight is 251 g/mol. The number of esters is 2. The van der Waals surface area contributed by atoms with Crippen LogP contribution in [0.4, 0.5) is 0 Å². The summed E-state index contributed by atoms with van der Waals surface area (Å²) in [4.78, 5) is 28.0. The van der Waals surface area contributed by atoms with Gasteiger partial charge in [-0.1, -0.05) is 6.07 Å². The zero-order valence-corrected chi connectivity index (χ0v) is 10.8. The van der Waals surface area contributed by atoms with Crippen molar-refractivity contribution in [3.8, 4) is 0 Å². The molecule has 0 amide bonds. The minimum Gasteiger partial charge on any atom is -0.465 e. The standard InChI is InChI=1S/C13H17NO4/c1-4-17-11(15)13(3,12(16)18-5-2)10-7-6-8-14-9-10/h6-9H,4-5H2,1-3H3. The number of hydrogen-bond donors (Lipinski definition) is 0. The molecule has 18 heavy (non-hydrogen) atoms. The number of nitrogens with zero attached hydrogens (tertiary/aromatic N) is 1. The van der Waals surface area contributed by atoms with Gasteiger partial charge in [-0.05, 0) is 32.4 Å². The lowest BCUT2D eigenvalue weighted by Crippen LogP contribution is -2.43. The van der Waals surface area contributed by atoms with E-state index >= 15 is 0 Å². The second kappa shape index (κ2) is 6.14. The number of hydrogen-bond acceptors (Lipinski definition) is 5. The summed E-state index contributed by atoms with van der Waals surface area (Å²) >= 11 is 0. The molecule has 0 radical (unpaired) electrons. The monoisotopic (exact) mass is 251 g/mol. The van der Waals surface area contributed by atoms with E-state index < -0.39 is 17.4 Å². The zero-order valence-electron chi connectivity index (χ0n) is 10.8. The number of pyridine rings is 1. The van der Waals surface area contributed by atoms with Crippen molar-refractivity contribution in [1.29, 1.82) is 0 Å². The van der Waals surface area contributed by atoms with Crippen LogP contribution in [0.5, 0.6) is 0 Å². The van der Waals surface area contributed by atoms with Crippen LogP contribution >= 0.6 is 0 Å². The Hall–Kier alpha value is -1.91. The van der Waals surface area contributed by atoms with Gasteiger partial charge in [-0.15, -0.1) is 0 Å². The van der Waals surface area contributed by atoms with Crippen molar-refractivity contribution in [3.63, 3.8) is 0 Å². The molecule has 0 unspecified atom stereocenters. The van der Waals surface area contributed by atoms with Gasteiger partial charge in [0.2, 0.25) is 0 Å². The summed E-state index contributed by atoms with van der Waals surface area (Å²) in [5.41, 5.74) is -1.01. The second-order valence-corrected chi connectivity index (χ2v) is 3.81. The van der Waals surface area contributed by atoms with Gasteiger partial charge in [0.1, 0.15) is 0 Å². The molecule has 0 saturated carbocycles.